The summed E-state index contributed by atoms with van der Waals surface area (Å²) < 4.78 is 34.8. The van der Waals surface area contributed by atoms with Gasteiger partial charge in [-0.05, 0) is 97.1 Å². The van der Waals surface area contributed by atoms with Gasteiger partial charge in [0.2, 0.25) is 0 Å². The first-order chi connectivity index (χ1) is 19.3. The fraction of sp³-hybridized carbons (Fsp3) is 0.206. The molecule has 0 N–H and O–H groups in total. The van der Waals surface area contributed by atoms with Crippen molar-refractivity contribution in [3.63, 3.8) is 0 Å². The van der Waals surface area contributed by atoms with Gasteiger partial charge in [0.25, 0.3) is 0 Å². The Kier molecular flexibility index (Phi) is 6.41. The number of aryl methyl sites for hydroxylation is 1. The topological polar surface area (TPSA) is 60.2 Å². The van der Waals surface area contributed by atoms with Crippen LogP contribution in [-0.2, 0) is 5.41 Å². The quantitative estimate of drug-likeness (QED) is 0.187. The smallest absolute Gasteiger partial charge is 0.167 e. The minimum Gasteiger partial charge on any atom is -0.455 e. The summed E-state index contributed by atoms with van der Waals surface area (Å²) in [6.45, 7) is 3.57. The van der Waals surface area contributed by atoms with E-state index in [1.807, 2.05) is 30.3 Å². The molecule has 0 saturated heterocycles. The van der Waals surface area contributed by atoms with Gasteiger partial charge in [-0.2, -0.15) is 0 Å². The lowest BCUT2D eigenvalue weighted by Crippen LogP contribution is -2.16. The molecule has 1 aliphatic carbocycles. The van der Waals surface area contributed by atoms with Crippen molar-refractivity contribution < 1.29 is 22.8 Å². The lowest BCUT2D eigenvalue weighted by Gasteiger charge is -2.15. The van der Waals surface area contributed by atoms with E-state index in [2.05, 4.69) is 4.98 Å². The SMILES string of the molecule is CCC(=O)c1c(-c2ccc(F)cc2)oc2ccc(-c3cc(C(=O)CC4(c5ccccn5)CC4)c(F)cc3C)cc12. The van der Waals surface area contributed by atoms with E-state index in [-0.39, 0.29) is 41.2 Å². The van der Waals surface area contributed by atoms with Crippen LogP contribution in [0.5, 0.6) is 0 Å². The normalized spacial score (nSPS) is 13.9. The Morgan fingerprint density at radius 1 is 0.925 bits per heavy atom. The van der Waals surface area contributed by atoms with E-state index in [0.29, 0.717) is 39.0 Å². The molecule has 2 aromatic heterocycles. The number of nitrogens with zero attached hydrogens (tertiary/aromatic N) is 1. The summed E-state index contributed by atoms with van der Waals surface area (Å²) >= 11 is 0. The Morgan fingerprint density at radius 2 is 1.68 bits per heavy atom. The van der Waals surface area contributed by atoms with E-state index in [1.165, 1.54) is 18.2 Å². The maximum Gasteiger partial charge on any atom is 0.167 e. The van der Waals surface area contributed by atoms with E-state index in [1.54, 1.807) is 44.3 Å². The van der Waals surface area contributed by atoms with Gasteiger partial charge in [0.05, 0.1) is 11.1 Å². The van der Waals surface area contributed by atoms with Crippen LogP contribution in [0.1, 0.15) is 64.6 Å². The van der Waals surface area contributed by atoms with Crippen molar-refractivity contribution in [2.24, 2.45) is 0 Å². The maximum absolute atomic E-state index is 15.2. The molecule has 0 aliphatic heterocycles. The second-order valence-electron chi connectivity index (χ2n) is 10.5. The summed E-state index contributed by atoms with van der Waals surface area (Å²) in [5.74, 6) is -0.906. The van der Waals surface area contributed by atoms with Crippen LogP contribution < -0.4 is 0 Å². The Bertz CT molecular complexity index is 1770. The van der Waals surface area contributed by atoms with Crippen LogP contribution in [0.25, 0.3) is 33.4 Å². The molecule has 0 amide bonds. The predicted octanol–water partition coefficient (Wildman–Crippen LogP) is 8.65. The van der Waals surface area contributed by atoms with Crippen LogP contribution >= 0.6 is 0 Å². The first-order valence-electron chi connectivity index (χ1n) is 13.4. The minimum absolute atomic E-state index is 0.0481. The highest BCUT2D eigenvalue weighted by Gasteiger charge is 2.47. The number of ketones is 2. The monoisotopic (exact) mass is 535 g/mol. The zero-order chi connectivity index (χ0) is 28.0. The van der Waals surface area contributed by atoms with Crippen LogP contribution in [0.2, 0.25) is 0 Å². The standard InChI is InChI=1S/C34H27F2NO3/c1-3-28(38)32-26-17-22(9-12-30(26)40-33(32)21-7-10-23(35)11-8-21)24-18-25(27(36)16-20(24)2)29(39)19-34(13-14-34)31-6-4-5-15-37-31/h4-12,15-18H,3,13-14,19H2,1-2H3. The van der Waals surface area contributed by atoms with Crippen molar-refractivity contribution in [2.45, 2.75) is 44.9 Å². The number of rotatable bonds is 8. The van der Waals surface area contributed by atoms with E-state index in [9.17, 15) is 14.0 Å². The van der Waals surface area contributed by atoms with Crippen LogP contribution in [0.15, 0.2) is 83.4 Å². The van der Waals surface area contributed by atoms with Gasteiger partial charge in [-0.15, -0.1) is 0 Å². The van der Waals surface area contributed by atoms with Crippen molar-refractivity contribution >= 4 is 22.5 Å². The minimum atomic E-state index is -0.548. The van der Waals surface area contributed by atoms with Crippen molar-refractivity contribution in [1.82, 2.24) is 4.98 Å². The molecule has 6 heteroatoms. The second-order valence-corrected chi connectivity index (χ2v) is 10.5. The maximum atomic E-state index is 15.2. The Morgan fingerprint density at radius 3 is 2.35 bits per heavy atom. The summed E-state index contributed by atoms with van der Waals surface area (Å²) in [5.41, 5.74) is 4.23. The third-order valence-corrected chi connectivity index (χ3v) is 7.88. The molecule has 0 radical (unpaired) electrons. The summed E-state index contributed by atoms with van der Waals surface area (Å²) in [6, 6.07) is 20.0. The highest BCUT2D eigenvalue weighted by Crippen LogP contribution is 2.51. The number of fused-ring (bicyclic) bond motifs is 1. The number of carbonyl (C=O) groups excluding carboxylic acids is 2. The van der Waals surface area contributed by atoms with Crippen LogP contribution in [0.4, 0.5) is 8.78 Å². The number of furan rings is 1. The number of hydrogen-bond donors (Lipinski definition) is 0. The van der Waals surface area contributed by atoms with Gasteiger partial charge >= 0.3 is 0 Å². The van der Waals surface area contributed by atoms with Gasteiger partial charge < -0.3 is 4.42 Å². The Hall–Kier alpha value is -4.45. The molecule has 3 aromatic carbocycles. The molecule has 0 bridgehead atoms. The molecule has 4 nitrogen and oxygen atoms in total. The molecular weight excluding hydrogens is 508 g/mol. The Balaban J connectivity index is 1.41. The number of carbonyl (C=O) groups is 2. The average molecular weight is 536 g/mol. The van der Waals surface area contributed by atoms with E-state index < -0.39 is 5.82 Å². The zero-order valence-corrected chi connectivity index (χ0v) is 22.3. The summed E-state index contributed by atoms with van der Waals surface area (Å²) in [6.07, 6.45) is 3.87. The first kappa shape index (κ1) is 25.8. The molecule has 200 valence electrons. The number of pyridine rings is 1. The molecule has 6 rings (SSSR count). The molecule has 1 saturated carbocycles. The summed E-state index contributed by atoms with van der Waals surface area (Å²) in [4.78, 5) is 30.9. The van der Waals surface area contributed by atoms with Crippen molar-refractivity contribution in [1.29, 1.82) is 0 Å². The fourth-order valence-corrected chi connectivity index (χ4v) is 5.47. The Labute approximate surface area is 230 Å². The fourth-order valence-electron chi connectivity index (χ4n) is 5.47. The van der Waals surface area contributed by atoms with Gasteiger partial charge in [-0.3, -0.25) is 14.6 Å². The van der Waals surface area contributed by atoms with Gasteiger partial charge in [-0.1, -0.05) is 19.1 Å². The van der Waals surface area contributed by atoms with Crippen molar-refractivity contribution in [2.75, 3.05) is 0 Å². The van der Waals surface area contributed by atoms with E-state index >= 15 is 4.39 Å². The first-order valence-corrected chi connectivity index (χ1v) is 13.4. The highest BCUT2D eigenvalue weighted by atomic mass is 19.1. The lowest BCUT2D eigenvalue weighted by molar-refractivity contribution is 0.0962. The summed E-state index contributed by atoms with van der Waals surface area (Å²) in [5, 5.41) is 0.618. The van der Waals surface area contributed by atoms with E-state index in [0.717, 1.165) is 24.1 Å². The van der Waals surface area contributed by atoms with Gasteiger partial charge in [0.1, 0.15) is 23.0 Å². The van der Waals surface area contributed by atoms with Crippen molar-refractivity contribution in [3.8, 4) is 22.5 Å². The number of halogens is 2. The molecular formula is C34H27F2NO3. The van der Waals surface area contributed by atoms with Gasteiger partial charge in [0.15, 0.2) is 11.6 Å². The third-order valence-electron chi connectivity index (χ3n) is 7.88. The molecule has 1 aliphatic rings. The number of hydrogen-bond acceptors (Lipinski definition) is 4. The lowest BCUT2D eigenvalue weighted by atomic mass is 9.89. The van der Waals surface area contributed by atoms with Gasteiger partial charge in [0, 0.05) is 41.1 Å². The third kappa shape index (κ3) is 4.53. The molecule has 5 aromatic rings. The van der Waals surface area contributed by atoms with Gasteiger partial charge in [-0.25, -0.2) is 8.78 Å². The van der Waals surface area contributed by atoms with E-state index in [4.69, 9.17) is 4.42 Å². The van der Waals surface area contributed by atoms with Crippen LogP contribution in [-0.4, -0.2) is 16.6 Å². The predicted molar refractivity (Wildman–Crippen MR) is 150 cm³/mol. The van der Waals surface area contributed by atoms with Crippen LogP contribution in [0, 0.1) is 18.6 Å². The average Bonchev–Trinajstić information content (AvgIpc) is 3.64. The largest absolute Gasteiger partial charge is 0.455 e. The van der Waals surface area contributed by atoms with Crippen LogP contribution in [0.3, 0.4) is 0 Å². The molecule has 2 heterocycles. The second kappa shape index (κ2) is 9.94. The molecule has 1 fully saturated rings. The number of aromatic nitrogens is 1. The molecule has 40 heavy (non-hydrogen) atoms. The zero-order valence-electron chi connectivity index (χ0n) is 22.3. The highest BCUT2D eigenvalue weighted by molar-refractivity contribution is 6.12. The molecule has 0 spiro atoms. The van der Waals surface area contributed by atoms with Crippen molar-refractivity contribution in [3.05, 3.63) is 113 Å². The molecule has 0 unspecified atom stereocenters. The number of benzene rings is 3. The summed E-state index contributed by atoms with van der Waals surface area (Å²) in [7, 11) is 0. The molecule has 0 atom stereocenters. The number of Topliss-reactive ketones (excluding diaryl/α,β-unsaturated/α-hetero) is 2.